The second-order valence-electron chi connectivity index (χ2n) is 7.16. The van der Waals surface area contributed by atoms with Gasteiger partial charge in [0.25, 0.3) is 0 Å². The molecule has 0 atom stereocenters. The maximum Gasteiger partial charge on any atom is 0.310 e. The molecule has 3 rings (SSSR count). The summed E-state index contributed by atoms with van der Waals surface area (Å²) in [5.41, 5.74) is -0.602. The van der Waals surface area contributed by atoms with Crippen molar-refractivity contribution in [3.8, 4) is 0 Å². The standard InChI is InChI=1S/C18H24N2O5S/c21-16(13-18(17(22)23)8-5-9-18)19-14-6-4-7-15(12-14)26(24,25)20-10-2-1-3-11-20/h4,6-7,12H,1-3,5,8-11,13H2,(H,19,21)(H,22,23). The first kappa shape index (κ1) is 18.8. The summed E-state index contributed by atoms with van der Waals surface area (Å²) in [6, 6.07) is 6.16. The molecule has 1 saturated heterocycles. The van der Waals surface area contributed by atoms with Crippen molar-refractivity contribution in [3.05, 3.63) is 24.3 Å². The summed E-state index contributed by atoms with van der Waals surface area (Å²) < 4.78 is 26.9. The number of hydrogen-bond acceptors (Lipinski definition) is 4. The van der Waals surface area contributed by atoms with Crippen LogP contribution >= 0.6 is 0 Å². The van der Waals surface area contributed by atoms with E-state index in [4.69, 9.17) is 0 Å². The highest BCUT2D eigenvalue weighted by Gasteiger charge is 2.45. The third kappa shape index (κ3) is 3.76. The molecular formula is C18H24N2O5S. The van der Waals surface area contributed by atoms with Crippen LogP contribution in [-0.2, 0) is 19.6 Å². The Morgan fingerprint density at radius 3 is 2.38 bits per heavy atom. The molecule has 1 saturated carbocycles. The molecule has 2 fully saturated rings. The number of aliphatic carboxylic acids is 1. The van der Waals surface area contributed by atoms with E-state index in [-0.39, 0.29) is 11.3 Å². The van der Waals surface area contributed by atoms with Crippen molar-refractivity contribution < 1.29 is 23.1 Å². The number of carboxylic acids is 1. The van der Waals surface area contributed by atoms with Crippen LogP contribution in [0.15, 0.2) is 29.2 Å². The molecule has 1 aliphatic carbocycles. The molecule has 1 aromatic carbocycles. The van der Waals surface area contributed by atoms with Crippen LogP contribution in [0.25, 0.3) is 0 Å². The average molecular weight is 380 g/mol. The highest BCUT2D eigenvalue weighted by molar-refractivity contribution is 7.89. The zero-order valence-corrected chi connectivity index (χ0v) is 15.4. The zero-order valence-electron chi connectivity index (χ0n) is 14.6. The van der Waals surface area contributed by atoms with E-state index in [0.717, 1.165) is 25.7 Å². The first-order valence-electron chi connectivity index (χ1n) is 8.97. The first-order chi connectivity index (χ1) is 12.3. The summed E-state index contributed by atoms with van der Waals surface area (Å²) >= 11 is 0. The minimum Gasteiger partial charge on any atom is -0.481 e. The van der Waals surface area contributed by atoms with Gasteiger partial charge in [0.15, 0.2) is 0 Å². The van der Waals surface area contributed by atoms with Crippen LogP contribution in [0.5, 0.6) is 0 Å². The maximum absolute atomic E-state index is 12.7. The first-order valence-corrected chi connectivity index (χ1v) is 10.4. The molecule has 142 valence electrons. The fourth-order valence-electron chi connectivity index (χ4n) is 3.57. The largest absolute Gasteiger partial charge is 0.481 e. The molecule has 26 heavy (non-hydrogen) atoms. The number of piperidine rings is 1. The lowest BCUT2D eigenvalue weighted by Crippen LogP contribution is -2.41. The number of nitrogens with one attached hydrogen (secondary N) is 1. The van der Waals surface area contributed by atoms with Gasteiger partial charge in [0.05, 0.1) is 10.3 Å². The quantitative estimate of drug-likeness (QED) is 0.789. The van der Waals surface area contributed by atoms with E-state index < -0.39 is 27.3 Å². The molecule has 0 radical (unpaired) electrons. The highest BCUT2D eigenvalue weighted by atomic mass is 32.2. The number of carbonyl (C=O) groups is 2. The molecule has 0 bridgehead atoms. The van der Waals surface area contributed by atoms with Gasteiger partial charge in [0.2, 0.25) is 15.9 Å². The van der Waals surface area contributed by atoms with Gasteiger partial charge in [-0.1, -0.05) is 18.9 Å². The van der Waals surface area contributed by atoms with Crippen LogP contribution in [-0.4, -0.2) is 42.8 Å². The van der Waals surface area contributed by atoms with Gasteiger partial charge in [-0.05, 0) is 43.9 Å². The van der Waals surface area contributed by atoms with Gasteiger partial charge in [0, 0.05) is 25.2 Å². The molecule has 2 aliphatic rings. The number of benzene rings is 1. The topological polar surface area (TPSA) is 104 Å². The second-order valence-corrected chi connectivity index (χ2v) is 9.09. The lowest BCUT2D eigenvalue weighted by Gasteiger charge is -2.36. The number of nitrogens with zero attached hydrogens (tertiary/aromatic N) is 1. The Morgan fingerprint density at radius 2 is 1.81 bits per heavy atom. The van der Waals surface area contributed by atoms with Crippen molar-refractivity contribution in [2.75, 3.05) is 18.4 Å². The van der Waals surface area contributed by atoms with E-state index in [1.165, 1.54) is 16.4 Å². The Balaban J connectivity index is 1.71. The number of amides is 1. The predicted molar refractivity (Wildman–Crippen MR) is 96.2 cm³/mol. The molecule has 1 aromatic rings. The van der Waals surface area contributed by atoms with Crippen molar-refractivity contribution in [3.63, 3.8) is 0 Å². The molecule has 1 amide bonds. The number of hydrogen-bond donors (Lipinski definition) is 2. The monoisotopic (exact) mass is 380 g/mol. The highest BCUT2D eigenvalue weighted by Crippen LogP contribution is 2.44. The van der Waals surface area contributed by atoms with Gasteiger partial charge in [-0.15, -0.1) is 0 Å². The smallest absolute Gasteiger partial charge is 0.310 e. The third-order valence-corrected chi connectivity index (χ3v) is 7.23. The lowest BCUT2D eigenvalue weighted by molar-refractivity contribution is -0.157. The normalized spacial score (nSPS) is 20.2. The van der Waals surface area contributed by atoms with Gasteiger partial charge in [-0.3, -0.25) is 9.59 Å². The van der Waals surface area contributed by atoms with E-state index in [0.29, 0.717) is 31.6 Å². The van der Waals surface area contributed by atoms with Crippen molar-refractivity contribution in [1.29, 1.82) is 0 Å². The molecule has 0 unspecified atom stereocenters. The van der Waals surface area contributed by atoms with E-state index in [9.17, 15) is 23.1 Å². The summed E-state index contributed by atoms with van der Waals surface area (Å²) in [7, 11) is -3.57. The van der Waals surface area contributed by atoms with Gasteiger partial charge < -0.3 is 10.4 Å². The number of rotatable bonds is 6. The third-order valence-electron chi connectivity index (χ3n) is 5.33. The summed E-state index contributed by atoms with van der Waals surface area (Å²) in [6.45, 7) is 1.03. The van der Waals surface area contributed by atoms with Crippen molar-refractivity contribution in [2.45, 2.75) is 49.8 Å². The second kappa shape index (κ2) is 7.36. The van der Waals surface area contributed by atoms with E-state index >= 15 is 0 Å². The van der Waals surface area contributed by atoms with Crippen molar-refractivity contribution >= 4 is 27.6 Å². The Labute approximate surface area is 153 Å². The van der Waals surface area contributed by atoms with Gasteiger partial charge in [0.1, 0.15) is 0 Å². The van der Waals surface area contributed by atoms with Gasteiger partial charge in [-0.2, -0.15) is 4.31 Å². The number of anilines is 1. The van der Waals surface area contributed by atoms with Crippen molar-refractivity contribution in [1.82, 2.24) is 4.31 Å². The van der Waals surface area contributed by atoms with Crippen LogP contribution in [0.4, 0.5) is 5.69 Å². The summed E-state index contributed by atoms with van der Waals surface area (Å²) in [5.74, 6) is -1.35. The molecule has 7 nitrogen and oxygen atoms in total. The fraction of sp³-hybridized carbons (Fsp3) is 0.556. The molecular weight excluding hydrogens is 356 g/mol. The van der Waals surface area contributed by atoms with Crippen LogP contribution in [0.3, 0.4) is 0 Å². The van der Waals surface area contributed by atoms with E-state index in [1.54, 1.807) is 12.1 Å². The Kier molecular flexibility index (Phi) is 5.34. The van der Waals surface area contributed by atoms with Crippen LogP contribution < -0.4 is 5.32 Å². The molecule has 2 N–H and O–H groups in total. The number of sulfonamides is 1. The minimum atomic E-state index is -3.57. The van der Waals surface area contributed by atoms with Gasteiger partial charge in [-0.25, -0.2) is 8.42 Å². The average Bonchev–Trinajstić information content (AvgIpc) is 2.59. The zero-order chi connectivity index (χ0) is 18.8. The number of carbonyl (C=O) groups excluding carboxylic acids is 1. The Bertz CT molecular complexity index is 796. The summed E-state index contributed by atoms with van der Waals surface area (Å²) in [5, 5.41) is 12.0. The summed E-state index contributed by atoms with van der Waals surface area (Å²) in [4.78, 5) is 23.8. The van der Waals surface area contributed by atoms with Crippen molar-refractivity contribution in [2.24, 2.45) is 5.41 Å². The molecule has 0 spiro atoms. The molecule has 0 aromatic heterocycles. The van der Waals surface area contributed by atoms with E-state index in [2.05, 4.69) is 5.32 Å². The van der Waals surface area contributed by atoms with Crippen LogP contribution in [0.2, 0.25) is 0 Å². The predicted octanol–water partition coefficient (Wildman–Crippen LogP) is 2.44. The van der Waals surface area contributed by atoms with E-state index in [1.807, 2.05) is 0 Å². The molecule has 8 heteroatoms. The van der Waals surface area contributed by atoms with Gasteiger partial charge >= 0.3 is 5.97 Å². The van der Waals surface area contributed by atoms with Crippen LogP contribution in [0, 0.1) is 5.41 Å². The Morgan fingerprint density at radius 1 is 1.12 bits per heavy atom. The fourth-order valence-corrected chi connectivity index (χ4v) is 5.13. The maximum atomic E-state index is 12.7. The lowest BCUT2D eigenvalue weighted by atomic mass is 9.66. The number of carboxylic acid groups (broad SMARTS) is 1. The molecule has 1 heterocycles. The SMILES string of the molecule is O=C(CC1(C(=O)O)CCC1)Nc1cccc(S(=O)(=O)N2CCCCC2)c1. The molecule has 1 aliphatic heterocycles. The Hall–Kier alpha value is -1.93. The minimum absolute atomic E-state index is 0.0918. The van der Waals surface area contributed by atoms with Crippen LogP contribution in [0.1, 0.15) is 44.9 Å². The summed E-state index contributed by atoms with van der Waals surface area (Å²) in [6.07, 6.45) is 4.46.